The van der Waals surface area contributed by atoms with Crippen molar-refractivity contribution >= 4 is 34.8 Å². The minimum atomic E-state index is -0.429. The molecule has 0 saturated carbocycles. The number of hydrogen-bond donors (Lipinski definition) is 2. The largest absolute Gasteiger partial charge is 0.287 e. The minimum Gasteiger partial charge on any atom is -0.266 e. The fraction of sp³-hybridized carbons (Fsp3) is 0.357. The predicted octanol–water partition coefficient (Wildman–Crippen LogP) is 2.51. The van der Waals surface area contributed by atoms with Crippen LogP contribution in [-0.4, -0.2) is 21.6 Å². The Balaban J connectivity index is 2.04. The summed E-state index contributed by atoms with van der Waals surface area (Å²) in [5, 5.41) is 4.32. The highest BCUT2D eigenvalue weighted by Crippen LogP contribution is 2.22. The standard InChI is InChI=1S/C14H17ClN4O2S/c1-14(2,3)10-7-8(19(4)18-10)12(20)16-17-13(21)9-5-6-11(15)22-9/h5-7H,1-4H3,(H,16,20)(H,17,21). The SMILES string of the molecule is Cn1nc(C(C)(C)C)cc1C(=O)NNC(=O)c1ccc(Cl)s1. The van der Waals surface area contributed by atoms with Crippen LogP contribution in [0.15, 0.2) is 18.2 Å². The molecule has 0 bridgehead atoms. The zero-order chi connectivity index (χ0) is 16.5. The van der Waals surface area contributed by atoms with Gasteiger partial charge in [0.2, 0.25) is 0 Å². The van der Waals surface area contributed by atoms with Crippen molar-refractivity contribution in [2.24, 2.45) is 7.05 Å². The number of hydrogen-bond acceptors (Lipinski definition) is 4. The van der Waals surface area contributed by atoms with Crippen molar-refractivity contribution in [3.63, 3.8) is 0 Å². The van der Waals surface area contributed by atoms with Crippen LogP contribution in [0.4, 0.5) is 0 Å². The van der Waals surface area contributed by atoms with Gasteiger partial charge in [-0.3, -0.25) is 25.1 Å². The smallest absolute Gasteiger partial charge is 0.266 e. The quantitative estimate of drug-likeness (QED) is 0.825. The third-order valence-corrected chi connectivity index (χ3v) is 4.20. The van der Waals surface area contributed by atoms with Gasteiger partial charge in [-0.15, -0.1) is 11.3 Å². The molecule has 8 heteroatoms. The Bertz CT molecular complexity index is 715. The van der Waals surface area contributed by atoms with E-state index in [2.05, 4.69) is 16.0 Å². The van der Waals surface area contributed by atoms with Crippen molar-refractivity contribution in [3.8, 4) is 0 Å². The molecule has 0 saturated heterocycles. The van der Waals surface area contributed by atoms with Crippen LogP contribution in [0.25, 0.3) is 0 Å². The maximum atomic E-state index is 12.1. The van der Waals surface area contributed by atoms with Crippen LogP contribution in [0.2, 0.25) is 4.34 Å². The highest BCUT2D eigenvalue weighted by atomic mass is 35.5. The van der Waals surface area contributed by atoms with Gasteiger partial charge in [-0.25, -0.2) is 0 Å². The van der Waals surface area contributed by atoms with Crippen LogP contribution in [-0.2, 0) is 12.5 Å². The van der Waals surface area contributed by atoms with Crippen LogP contribution in [0.1, 0.15) is 46.6 Å². The summed E-state index contributed by atoms with van der Waals surface area (Å²) in [6.45, 7) is 6.04. The van der Waals surface area contributed by atoms with Gasteiger partial charge in [0.05, 0.1) is 14.9 Å². The van der Waals surface area contributed by atoms with E-state index in [1.165, 1.54) is 4.68 Å². The highest BCUT2D eigenvalue weighted by Gasteiger charge is 2.22. The van der Waals surface area contributed by atoms with Crippen molar-refractivity contribution in [1.29, 1.82) is 0 Å². The first-order valence-electron chi connectivity index (χ1n) is 6.59. The third-order valence-electron chi connectivity index (χ3n) is 2.97. The molecule has 2 aromatic rings. The summed E-state index contributed by atoms with van der Waals surface area (Å²) >= 11 is 6.91. The molecule has 0 aliphatic carbocycles. The second-order valence-corrected chi connectivity index (χ2v) is 7.52. The number of carbonyl (C=O) groups is 2. The summed E-state index contributed by atoms with van der Waals surface area (Å²) in [5.74, 6) is -0.843. The Labute approximate surface area is 137 Å². The molecule has 0 unspecified atom stereocenters. The number of nitrogens with one attached hydrogen (secondary N) is 2. The van der Waals surface area contributed by atoms with Crippen molar-refractivity contribution in [2.75, 3.05) is 0 Å². The molecule has 2 N–H and O–H groups in total. The molecule has 118 valence electrons. The van der Waals surface area contributed by atoms with E-state index in [1.54, 1.807) is 25.2 Å². The first kappa shape index (κ1) is 16.5. The second kappa shape index (κ2) is 6.10. The molecule has 0 spiro atoms. The number of amides is 2. The van der Waals surface area contributed by atoms with Gasteiger partial charge in [0.15, 0.2) is 0 Å². The van der Waals surface area contributed by atoms with Gasteiger partial charge in [0.25, 0.3) is 11.8 Å². The summed E-state index contributed by atoms with van der Waals surface area (Å²) in [7, 11) is 1.69. The molecular weight excluding hydrogens is 324 g/mol. The molecular formula is C14H17ClN4O2S. The van der Waals surface area contributed by atoms with Crippen LogP contribution < -0.4 is 10.9 Å². The van der Waals surface area contributed by atoms with Gasteiger partial charge < -0.3 is 0 Å². The Morgan fingerprint density at radius 2 is 1.86 bits per heavy atom. The molecule has 2 rings (SSSR count). The Hall–Kier alpha value is -1.86. The second-order valence-electron chi connectivity index (χ2n) is 5.80. The number of halogens is 1. The lowest BCUT2D eigenvalue weighted by Gasteiger charge is -2.13. The highest BCUT2D eigenvalue weighted by molar-refractivity contribution is 7.17. The average molecular weight is 341 g/mol. The van der Waals surface area contributed by atoms with Gasteiger partial charge in [-0.2, -0.15) is 5.10 Å². The van der Waals surface area contributed by atoms with E-state index in [9.17, 15) is 9.59 Å². The van der Waals surface area contributed by atoms with Crippen LogP contribution in [0, 0.1) is 0 Å². The monoisotopic (exact) mass is 340 g/mol. The van der Waals surface area contributed by atoms with Gasteiger partial charge in [0, 0.05) is 12.5 Å². The fourth-order valence-electron chi connectivity index (χ4n) is 1.72. The van der Waals surface area contributed by atoms with Gasteiger partial charge in [0.1, 0.15) is 5.69 Å². The van der Waals surface area contributed by atoms with Gasteiger partial charge in [-0.05, 0) is 18.2 Å². The normalized spacial score (nSPS) is 11.3. The molecule has 0 atom stereocenters. The van der Waals surface area contributed by atoms with E-state index in [4.69, 9.17) is 11.6 Å². The lowest BCUT2D eigenvalue weighted by atomic mass is 9.92. The van der Waals surface area contributed by atoms with E-state index in [0.29, 0.717) is 14.9 Å². The molecule has 0 fully saturated rings. The Kier molecular flexibility index (Phi) is 4.58. The van der Waals surface area contributed by atoms with Crippen LogP contribution in [0.5, 0.6) is 0 Å². The number of thiophene rings is 1. The zero-order valence-corrected chi connectivity index (χ0v) is 14.3. The minimum absolute atomic E-state index is 0.159. The number of carbonyl (C=O) groups excluding carboxylic acids is 2. The van der Waals surface area contributed by atoms with E-state index in [-0.39, 0.29) is 5.41 Å². The molecule has 22 heavy (non-hydrogen) atoms. The Morgan fingerprint density at radius 1 is 1.23 bits per heavy atom. The lowest BCUT2D eigenvalue weighted by Crippen LogP contribution is -2.42. The number of nitrogens with zero attached hydrogens (tertiary/aromatic N) is 2. The number of aryl methyl sites for hydroxylation is 1. The summed E-state index contributed by atoms with van der Waals surface area (Å²) in [4.78, 5) is 24.4. The van der Waals surface area contributed by atoms with E-state index in [0.717, 1.165) is 17.0 Å². The molecule has 6 nitrogen and oxygen atoms in total. The maximum Gasteiger partial charge on any atom is 0.287 e. The molecule has 2 aromatic heterocycles. The first-order valence-corrected chi connectivity index (χ1v) is 7.78. The Morgan fingerprint density at radius 3 is 2.36 bits per heavy atom. The van der Waals surface area contributed by atoms with Crippen molar-refractivity contribution in [2.45, 2.75) is 26.2 Å². The number of hydrazine groups is 1. The van der Waals surface area contributed by atoms with E-state index in [1.807, 2.05) is 20.8 Å². The maximum absolute atomic E-state index is 12.1. The molecule has 2 amide bonds. The van der Waals surface area contributed by atoms with Crippen molar-refractivity contribution in [1.82, 2.24) is 20.6 Å². The molecule has 2 heterocycles. The lowest BCUT2D eigenvalue weighted by molar-refractivity contribution is 0.0843. The number of aromatic nitrogens is 2. The zero-order valence-electron chi connectivity index (χ0n) is 12.7. The van der Waals surface area contributed by atoms with Crippen molar-refractivity contribution < 1.29 is 9.59 Å². The predicted molar refractivity (Wildman–Crippen MR) is 86.2 cm³/mol. The fourth-order valence-corrected chi connectivity index (χ4v) is 2.66. The average Bonchev–Trinajstić information content (AvgIpc) is 3.01. The third kappa shape index (κ3) is 3.66. The van der Waals surface area contributed by atoms with Crippen molar-refractivity contribution in [3.05, 3.63) is 38.8 Å². The summed E-state index contributed by atoms with van der Waals surface area (Å²) in [5.41, 5.74) is 5.75. The van der Waals surface area contributed by atoms with E-state index >= 15 is 0 Å². The van der Waals surface area contributed by atoms with Gasteiger partial charge >= 0.3 is 0 Å². The van der Waals surface area contributed by atoms with E-state index < -0.39 is 11.8 Å². The topological polar surface area (TPSA) is 76.0 Å². The summed E-state index contributed by atoms with van der Waals surface area (Å²) in [6.07, 6.45) is 0. The van der Waals surface area contributed by atoms with Crippen LogP contribution >= 0.6 is 22.9 Å². The molecule has 0 aliphatic rings. The van der Waals surface area contributed by atoms with Crippen LogP contribution in [0.3, 0.4) is 0 Å². The number of rotatable bonds is 2. The summed E-state index contributed by atoms with van der Waals surface area (Å²) in [6, 6.07) is 4.93. The molecule has 0 radical (unpaired) electrons. The molecule has 0 aliphatic heterocycles. The summed E-state index contributed by atoms with van der Waals surface area (Å²) < 4.78 is 2.00. The first-order chi connectivity index (χ1) is 10.2. The van der Waals surface area contributed by atoms with Gasteiger partial charge in [-0.1, -0.05) is 32.4 Å². The molecule has 0 aromatic carbocycles.